The third kappa shape index (κ3) is 3.89. The summed E-state index contributed by atoms with van der Waals surface area (Å²) < 4.78 is 11.2. The number of carbonyl (C=O) groups excluding carboxylic acids is 2. The van der Waals surface area contributed by atoms with Gasteiger partial charge in [-0.25, -0.2) is 0 Å². The third-order valence-corrected chi connectivity index (χ3v) is 6.35. The number of piperidine rings is 1. The van der Waals surface area contributed by atoms with Crippen LogP contribution in [0.15, 0.2) is 28.7 Å². The number of unbranched alkanes of at least 4 members (excludes halogenated alkanes) is 1. The minimum absolute atomic E-state index is 0.0601. The molecule has 0 aliphatic carbocycles. The molecule has 0 atom stereocenters. The number of carbonyl (C=O) groups is 2. The summed E-state index contributed by atoms with van der Waals surface area (Å²) in [6, 6.07) is 7.41. The van der Waals surface area contributed by atoms with Crippen molar-refractivity contribution in [1.29, 1.82) is 0 Å². The second-order valence-corrected chi connectivity index (χ2v) is 8.31. The molecule has 3 heterocycles. The van der Waals surface area contributed by atoms with Gasteiger partial charge in [0.25, 0.3) is 11.8 Å². The first kappa shape index (κ1) is 20.3. The molecule has 2 amide bonds. The lowest BCUT2D eigenvalue weighted by Crippen LogP contribution is -2.44. The highest BCUT2D eigenvalue weighted by atomic mass is 16.5. The largest absolute Gasteiger partial charge is 0.493 e. The van der Waals surface area contributed by atoms with Gasteiger partial charge in [-0.05, 0) is 49.2 Å². The van der Waals surface area contributed by atoms with Gasteiger partial charge in [0.15, 0.2) is 17.1 Å². The molecule has 6 nitrogen and oxygen atoms in total. The van der Waals surface area contributed by atoms with E-state index < -0.39 is 0 Å². The molecule has 0 bridgehead atoms. The molecule has 0 radical (unpaired) electrons. The van der Waals surface area contributed by atoms with Gasteiger partial charge in [0.1, 0.15) is 0 Å². The minimum Gasteiger partial charge on any atom is -0.493 e. The van der Waals surface area contributed by atoms with Crippen LogP contribution < -0.4 is 4.74 Å². The summed E-state index contributed by atoms with van der Waals surface area (Å²) in [7, 11) is 1.59. The van der Waals surface area contributed by atoms with Gasteiger partial charge in [0.05, 0.1) is 7.11 Å². The number of rotatable bonds is 3. The zero-order valence-electron chi connectivity index (χ0n) is 17.7. The summed E-state index contributed by atoms with van der Waals surface area (Å²) >= 11 is 0. The number of furan rings is 1. The van der Waals surface area contributed by atoms with Crippen LogP contribution >= 0.6 is 0 Å². The van der Waals surface area contributed by atoms with E-state index in [9.17, 15) is 9.59 Å². The van der Waals surface area contributed by atoms with Crippen molar-refractivity contribution in [1.82, 2.24) is 9.80 Å². The van der Waals surface area contributed by atoms with Crippen LogP contribution in [0.25, 0.3) is 11.0 Å². The van der Waals surface area contributed by atoms with Crippen LogP contribution in [-0.2, 0) is 4.79 Å². The van der Waals surface area contributed by atoms with Crippen LogP contribution in [-0.4, -0.2) is 54.9 Å². The molecule has 6 heteroatoms. The average molecular weight is 408 g/mol. The number of amides is 2. The van der Waals surface area contributed by atoms with Crippen molar-refractivity contribution < 1.29 is 18.7 Å². The molecule has 0 unspecified atom stereocenters. The first-order valence-corrected chi connectivity index (χ1v) is 10.7. The van der Waals surface area contributed by atoms with E-state index in [4.69, 9.17) is 9.15 Å². The monoisotopic (exact) mass is 408 g/mol. The molecule has 1 spiro atoms. The van der Waals surface area contributed by atoms with Crippen LogP contribution in [0, 0.1) is 17.3 Å². The van der Waals surface area contributed by atoms with Crippen molar-refractivity contribution in [2.75, 3.05) is 33.3 Å². The highest BCUT2D eigenvalue weighted by Gasteiger charge is 2.42. The molecule has 2 aliphatic rings. The third-order valence-electron chi connectivity index (χ3n) is 6.35. The van der Waals surface area contributed by atoms with Crippen molar-refractivity contribution >= 4 is 22.8 Å². The molecule has 0 saturated carbocycles. The van der Waals surface area contributed by atoms with Crippen molar-refractivity contribution in [2.45, 2.75) is 39.0 Å². The normalized spacial score (nSPS) is 17.8. The number of para-hydroxylation sites is 1. The van der Waals surface area contributed by atoms with Gasteiger partial charge in [-0.15, -0.1) is 0 Å². The Morgan fingerprint density at radius 2 is 1.90 bits per heavy atom. The summed E-state index contributed by atoms with van der Waals surface area (Å²) in [4.78, 5) is 29.0. The number of nitrogens with zero attached hydrogens (tertiary/aromatic N) is 2. The van der Waals surface area contributed by atoms with Crippen molar-refractivity contribution in [3.05, 3.63) is 30.0 Å². The zero-order valence-corrected chi connectivity index (χ0v) is 17.7. The lowest BCUT2D eigenvalue weighted by Gasteiger charge is -2.38. The van der Waals surface area contributed by atoms with E-state index >= 15 is 0 Å². The fourth-order valence-electron chi connectivity index (χ4n) is 4.50. The van der Waals surface area contributed by atoms with E-state index in [1.54, 1.807) is 13.2 Å². The van der Waals surface area contributed by atoms with Gasteiger partial charge in [0, 0.05) is 38.0 Å². The van der Waals surface area contributed by atoms with Crippen LogP contribution in [0.2, 0.25) is 0 Å². The number of fused-ring (bicyclic) bond motifs is 1. The molecule has 2 saturated heterocycles. The summed E-state index contributed by atoms with van der Waals surface area (Å²) in [5.41, 5.74) is 0.710. The fourth-order valence-corrected chi connectivity index (χ4v) is 4.50. The van der Waals surface area contributed by atoms with Gasteiger partial charge < -0.3 is 19.0 Å². The van der Waals surface area contributed by atoms with E-state index in [0.717, 1.165) is 50.6 Å². The van der Waals surface area contributed by atoms with Crippen LogP contribution in [0.1, 0.15) is 49.6 Å². The Morgan fingerprint density at radius 3 is 2.60 bits per heavy atom. The molecule has 2 fully saturated rings. The van der Waals surface area contributed by atoms with Crippen LogP contribution in [0.5, 0.6) is 5.75 Å². The number of hydrogen-bond acceptors (Lipinski definition) is 4. The lowest BCUT2D eigenvalue weighted by atomic mass is 9.77. The molecule has 4 rings (SSSR count). The molecular formula is C24H28N2O4. The number of hydrogen-bond donors (Lipinski definition) is 0. The topological polar surface area (TPSA) is 63.0 Å². The van der Waals surface area contributed by atoms with Gasteiger partial charge in [0.2, 0.25) is 0 Å². The molecular weight excluding hydrogens is 380 g/mol. The molecule has 2 aliphatic heterocycles. The highest BCUT2D eigenvalue weighted by Crippen LogP contribution is 2.41. The second-order valence-electron chi connectivity index (χ2n) is 8.31. The molecule has 158 valence electrons. The van der Waals surface area contributed by atoms with Crippen molar-refractivity contribution in [3.8, 4) is 17.6 Å². The summed E-state index contributed by atoms with van der Waals surface area (Å²) in [5, 5.41) is 0.861. The highest BCUT2D eigenvalue weighted by molar-refractivity contribution is 5.97. The van der Waals surface area contributed by atoms with E-state index in [1.165, 1.54) is 0 Å². The number of likely N-dealkylation sites (tertiary alicyclic amines) is 2. The van der Waals surface area contributed by atoms with E-state index in [0.29, 0.717) is 30.2 Å². The predicted molar refractivity (Wildman–Crippen MR) is 114 cm³/mol. The van der Waals surface area contributed by atoms with Crippen molar-refractivity contribution in [3.63, 3.8) is 0 Å². The van der Waals surface area contributed by atoms with E-state index in [-0.39, 0.29) is 17.2 Å². The number of ether oxygens (including phenoxy) is 1. The van der Waals surface area contributed by atoms with E-state index in [1.807, 2.05) is 28.0 Å². The number of methoxy groups -OCH3 is 1. The fraction of sp³-hybridized carbons (Fsp3) is 0.500. The summed E-state index contributed by atoms with van der Waals surface area (Å²) in [6.07, 6.45) is 4.50. The van der Waals surface area contributed by atoms with Crippen molar-refractivity contribution in [2.24, 2.45) is 5.41 Å². The molecule has 0 N–H and O–H groups in total. The first-order valence-electron chi connectivity index (χ1n) is 10.7. The summed E-state index contributed by atoms with van der Waals surface area (Å²) in [5.74, 6) is 6.55. The predicted octanol–water partition coefficient (Wildman–Crippen LogP) is 3.70. The molecule has 30 heavy (non-hydrogen) atoms. The van der Waals surface area contributed by atoms with Crippen LogP contribution in [0.4, 0.5) is 0 Å². The van der Waals surface area contributed by atoms with Gasteiger partial charge in [-0.1, -0.05) is 25.0 Å². The SMILES string of the molecule is CCCC#CC(=O)N1CCC2(CCN(C(=O)c3cc4cccc(OC)c4o3)CC2)C1. The Labute approximate surface area is 177 Å². The Balaban J connectivity index is 1.39. The smallest absolute Gasteiger partial charge is 0.298 e. The Hall–Kier alpha value is -2.94. The Bertz CT molecular complexity index is 1010. The zero-order chi connectivity index (χ0) is 21.1. The summed E-state index contributed by atoms with van der Waals surface area (Å²) in [6.45, 7) is 4.92. The first-order chi connectivity index (χ1) is 14.5. The lowest BCUT2D eigenvalue weighted by molar-refractivity contribution is -0.124. The Morgan fingerprint density at radius 1 is 1.17 bits per heavy atom. The Kier molecular flexibility index (Phi) is 5.72. The molecule has 1 aromatic heterocycles. The maximum Gasteiger partial charge on any atom is 0.298 e. The van der Waals surface area contributed by atoms with Crippen LogP contribution in [0.3, 0.4) is 0 Å². The molecule has 1 aromatic carbocycles. The molecule has 2 aromatic rings. The van der Waals surface area contributed by atoms with Gasteiger partial charge >= 0.3 is 0 Å². The minimum atomic E-state index is -0.0838. The second kappa shape index (κ2) is 8.43. The van der Waals surface area contributed by atoms with E-state index in [2.05, 4.69) is 18.8 Å². The van der Waals surface area contributed by atoms with Gasteiger partial charge in [-0.2, -0.15) is 0 Å². The quantitative estimate of drug-likeness (QED) is 0.727. The number of benzene rings is 1. The maximum atomic E-state index is 13.0. The standard InChI is InChI=1S/C24H28N2O4/c1-3-4-5-9-21(27)26-15-12-24(17-26)10-13-25(14-11-24)23(28)20-16-18-7-6-8-19(29-2)22(18)30-20/h6-8,16H,3-4,10-15,17H2,1-2H3. The average Bonchev–Trinajstić information content (AvgIpc) is 3.38. The maximum absolute atomic E-state index is 13.0. The van der Waals surface area contributed by atoms with Gasteiger partial charge in [-0.3, -0.25) is 9.59 Å².